The predicted molar refractivity (Wildman–Crippen MR) is 109 cm³/mol. The minimum atomic E-state index is -3.47. The van der Waals surface area contributed by atoms with Gasteiger partial charge in [0, 0.05) is 0 Å². The fourth-order valence-electron chi connectivity index (χ4n) is 3.64. The van der Waals surface area contributed by atoms with E-state index in [-0.39, 0.29) is 29.4 Å². The van der Waals surface area contributed by atoms with Gasteiger partial charge >= 0.3 is 6.11 Å². The van der Waals surface area contributed by atoms with Crippen LogP contribution in [0.2, 0.25) is 0 Å². The number of hydrogen-bond donors (Lipinski definition) is 0. The minimum absolute atomic E-state index is 0.0277. The third-order valence-corrected chi connectivity index (χ3v) is 5.26. The Hall–Kier alpha value is -3.12. The average Bonchev–Trinajstić information content (AvgIpc) is 2.72. The summed E-state index contributed by atoms with van der Waals surface area (Å²) in [6, 6.07) is 12.6. The van der Waals surface area contributed by atoms with E-state index < -0.39 is 12.5 Å². The van der Waals surface area contributed by atoms with E-state index in [2.05, 4.69) is 0 Å². The third kappa shape index (κ3) is 4.89. The molecule has 4 nitrogen and oxygen atoms in total. The molecule has 3 rings (SSSR count). The Kier molecular flexibility index (Phi) is 6.57. The summed E-state index contributed by atoms with van der Waals surface area (Å²) in [5, 5.41) is 19.1. The number of halogens is 2. The van der Waals surface area contributed by atoms with Crippen molar-refractivity contribution in [3.05, 3.63) is 58.1 Å². The monoisotopic (exact) mass is 410 g/mol. The van der Waals surface area contributed by atoms with Crippen molar-refractivity contribution in [2.24, 2.45) is 0 Å². The molecule has 2 aromatic carbocycles. The maximum absolute atomic E-state index is 14.6. The van der Waals surface area contributed by atoms with Crippen molar-refractivity contribution in [1.29, 1.82) is 10.5 Å². The molecular formula is C24H24F2N2O2. The first-order valence-electron chi connectivity index (χ1n) is 10.2. The number of aryl methyl sites for hydroxylation is 3. The summed E-state index contributed by atoms with van der Waals surface area (Å²) in [7, 11) is 0. The molecule has 30 heavy (non-hydrogen) atoms. The van der Waals surface area contributed by atoms with Gasteiger partial charge in [-0.25, -0.2) is 0 Å². The van der Waals surface area contributed by atoms with Crippen LogP contribution in [-0.4, -0.2) is 12.2 Å². The number of rotatable bonds is 7. The predicted octanol–water partition coefficient (Wildman–Crippen LogP) is 5.84. The maximum Gasteiger partial charge on any atom is 0.398 e. The molecule has 6 heteroatoms. The van der Waals surface area contributed by atoms with Crippen LogP contribution >= 0.6 is 0 Å². The summed E-state index contributed by atoms with van der Waals surface area (Å²) in [5.41, 5.74) is 2.23. The number of benzene rings is 2. The molecule has 0 amide bonds. The van der Waals surface area contributed by atoms with E-state index in [1.165, 1.54) is 6.07 Å². The number of fused-ring (bicyclic) bond motifs is 1. The van der Waals surface area contributed by atoms with Crippen LogP contribution in [0.25, 0.3) is 0 Å². The summed E-state index contributed by atoms with van der Waals surface area (Å²) in [4.78, 5) is 0. The van der Waals surface area contributed by atoms with Gasteiger partial charge in [0.1, 0.15) is 34.8 Å². The van der Waals surface area contributed by atoms with Crippen LogP contribution in [0, 0.1) is 29.6 Å². The van der Waals surface area contributed by atoms with E-state index in [0.29, 0.717) is 17.7 Å². The molecule has 1 atom stereocenters. The molecule has 0 bridgehead atoms. The molecule has 1 aliphatic rings. The van der Waals surface area contributed by atoms with Crippen LogP contribution in [0.1, 0.15) is 60.4 Å². The highest BCUT2D eigenvalue weighted by Gasteiger charge is 2.34. The van der Waals surface area contributed by atoms with Gasteiger partial charge in [0.2, 0.25) is 0 Å². The third-order valence-electron chi connectivity index (χ3n) is 5.26. The average molecular weight is 410 g/mol. The van der Waals surface area contributed by atoms with E-state index in [4.69, 9.17) is 9.47 Å². The molecule has 0 fully saturated rings. The summed E-state index contributed by atoms with van der Waals surface area (Å²) in [5.74, 6) is 0.0633. The first kappa shape index (κ1) is 21.6. The van der Waals surface area contributed by atoms with Crippen LogP contribution in [0.3, 0.4) is 0 Å². The molecule has 0 radical (unpaired) electrons. The van der Waals surface area contributed by atoms with Crippen LogP contribution in [0.4, 0.5) is 8.78 Å². The quantitative estimate of drug-likeness (QED) is 0.575. The topological polar surface area (TPSA) is 66.0 Å². The van der Waals surface area contributed by atoms with Gasteiger partial charge in [0.15, 0.2) is 0 Å². The molecule has 0 N–H and O–H groups in total. The highest BCUT2D eigenvalue weighted by Crippen LogP contribution is 2.40. The largest absolute Gasteiger partial charge is 0.489 e. The molecule has 0 aromatic heterocycles. The Morgan fingerprint density at radius 3 is 2.50 bits per heavy atom. The molecular weight excluding hydrogens is 386 g/mol. The minimum Gasteiger partial charge on any atom is -0.489 e. The van der Waals surface area contributed by atoms with Gasteiger partial charge in [-0.15, -0.1) is 0 Å². The smallest absolute Gasteiger partial charge is 0.398 e. The normalized spacial score (nSPS) is 15.5. The van der Waals surface area contributed by atoms with Crippen molar-refractivity contribution >= 4 is 0 Å². The molecule has 1 aliphatic heterocycles. The highest BCUT2D eigenvalue weighted by atomic mass is 19.3. The van der Waals surface area contributed by atoms with Crippen molar-refractivity contribution in [3.8, 4) is 23.6 Å². The molecule has 0 aliphatic carbocycles. The zero-order valence-electron chi connectivity index (χ0n) is 17.2. The zero-order chi connectivity index (χ0) is 21.7. The summed E-state index contributed by atoms with van der Waals surface area (Å²) >= 11 is 0. The second-order valence-electron chi connectivity index (χ2n) is 7.63. The van der Waals surface area contributed by atoms with E-state index in [1.54, 1.807) is 0 Å². The van der Waals surface area contributed by atoms with Crippen LogP contribution in [0.5, 0.6) is 11.5 Å². The van der Waals surface area contributed by atoms with Crippen molar-refractivity contribution in [2.75, 3.05) is 0 Å². The second kappa shape index (κ2) is 9.13. The molecule has 0 saturated carbocycles. The number of nitrogens with zero attached hydrogens (tertiary/aromatic N) is 2. The number of nitriles is 2. The number of hydrogen-bond acceptors (Lipinski definition) is 4. The Bertz CT molecular complexity index is 988. The lowest BCUT2D eigenvalue weighted by Gasteiger charge is -2.28. The summed E-state index contributed by atoms with van der Waals surface area (Å²) in [6.45, 7) is 3.97. The van der Waals surface area contributed by atoms with Gasteiger partial charge in [-0.1, -0.05) is 43.2 Å². The van der Waals surface area contributed by atoms with E-state index in [9.17, 15) is 19.3 Å². The van der Waals surface area contributed by atoms with Gasteiger partial charge in [-0.2, -0.15) is 19.3 Å². The molecule has 156 valence electrons. The summed E-state index contributed by atoms with van der Waals surface area (Å²) < 4.78 is 40.1. The first-order chi connectivity index (χ1) is 14.4. The molecule has 0 spiro atoms. The van der Waals surface area contributed by atoms with Gasteiger partial charge in [0.05, 0.1) is 12.5 Å². The van der Waals surface area contributed by atoms with Crippen molar-refractivity contribution in [2.45, 2.75) is 64.6 Å². The van der Waals surface area contributed by atoms with Crippen molar-refractivity contribution < 1.29 is 18.3 Å². The van der Waals surface area contributed by atoms with Crippen molar-refractivity contribution in [3.63, 3.8) is 0 Å². The number of alkyl halides is 2. The lowest BCUT2D eigenvalue weighted by molar-refractivity contribution is -0.180. The van der Waals surface area contributed by atoms with Gasteiger partial charge < -0.3 is 9.47 Å². The molecule has 1 unspecified atom stereocenters. The maximum atomic E-state index is 14.6. The van der Waals surface area contributed by atoms with Crippen LogP contribution in [-0.2, 0) is 12.8 Å². The highest BCUT2D eigenvalue weighted by molar-refractivity contribution is 5.64. The van der Waals surface area contributed by atoms with Crippen LogP contribution < -0.4 is 9.47 Å². The molecule has 0 saturated heterocycles. The summed E-state index contributed by atoms with van der Waals surface area (Å²) in [6.07, 6.45) is -0.821. The fraction of sp³-hybridized carbons (Fsp3) is 0.417. The lowest BCUT2D eigenvalue weighted by Crippen LogP contribution is -2.27. The fourth-order valence-corrected chi connectivity index (χ4v) is 3.64. The molecule has 1 heterocycles. The van der Waals surface area contributed by atoms with Gasteiger partial charge in [0.25, 0.3) is 0 Å². The standard InChI is InChI=1S/C24H24F2N2O2/c1-3-4-19-10-9-18-13-22(20(14-27)21(15-28)23(18)29-19)30-24(25,26)12-11-17-7-5-16(2)6-8-17/h5-8,13,19H,3-4,9-12H2,1-2H3. The number of ether oxygens (including phenoxy) is 2. The Morgan fingerprint density at radius 1 is 1.17 bits per heavy atom. The lowest BCUT2D eigenvalue weighted by atomic mass is 9.94. The first-order valence-corrected chi connectivity index (χ1v) is 10.2. The van der Waals surface area contributed by atoms with E-state index >= 15 is 0 Å². The SMILES string of the molecule is CCCC1CCc2cc(OC(F)(F)CCc3ccc(C)cc3)c(C#N)c(C#N)c2O1. The van der Waals surface area contributed by atoms with Crippen LogP contribution in [0.15, 0.2) is 30.3 Å². The second-order valence-corrected chi connectivity index (χ2v) is 7.63. The van der Waals surface area contributed by atoms with E-state index in [0.717, 1.165) is 30.4 Å². The molecule has 2 aromatic rings. The Morgan fingerprint density at radius 2 is 1.87 bits per heavy atom. The zero-order valence-corrected chi connectivity index (χ0v) is 17.2. The van der Waals surface area contributed by atoms with Crippen molar-refractivity contribution in [1.82, 2.24) is 0 Å². The Labute approximate surface area is 175 Å². The van der Waals surface area contributed by atoms with E-state index in [1.807, 2.05) is 50.3 Å². The van der Waals surface area contributed by atoms with Gasteiger partial charge in [-0.05, 0) is 49.8 Å². The van der Waals surface area contributed by atoms with Gasteiger partial charge in [-0.3, -0.25) is 0 Å². The Balaban J connectivity index is 1.84.